The van der Waals surface area contributed by atoms with Crippen LogP contribution in [-0.4, -0.2) is 25.8 Å². The Labute approximate surface area is 77.7 Å². The van der Waals surface area contributed by atoms with Crippen LogP contribution in [0.3, 0.4) is 0 Å². The average Bonchev–Trinajstić information content (AvgIpc) is 2.18. The van der Waals surface area contributed by atoms with Crippen molar-refractivity contribution in [1.82, 2.24) is 4.98 Å². The van der Waals surface area contributed by atoms with Gasteiger partial charge in [-0.05, 0) is 12.1 Å². The molecule has 1 aromatic rings. The van der Waals surface area contributed by atoms with Crippen LogP contribution in [0.25, 0.3) is 0 Å². The first-order valence-electron chi connectivity index (χ1n) is 4.03. The highest BCUT2D eigenvalue weighted by molar-refractivity contribution is 5.29. The molecule has 0 aliphatic carbocycles. The highest BCUT2D eigenvalue weighted by Gasteiger charge is 2.11. The van der Waals surface area contributed by atoms with Crippen LogP contribution in [0.5, 0.6) is 5.75 Å². The number of ether oxygens (including phenoxy) is 2. The van der Waals surface area contributed by atoms with Crippen LogP contribution in [0.1, 0.15) is 11.7 Å². The fourth-order valence-corrected chi connectivity index (χ4v) is 1.11. The van der Waals surface area contributed by atoms with E-state index in [2.05, 4.69) is 4.98 Å². The molecule has 4 heteroatoms. The second-order valence-corrected chi connectivity index (χ2v) is 2.65. The molecular weight excluding hydrogens is 168 g/mol. The Morgan fingerprint density at radius 2 is 2.31 bits per heavy atom. The minimum atomic E-state index is -0.235. The van der Waals surface area contributed by atoms with Gasteiger partial charge in [0.15, 0.2) is 0 Å². The van der Waals surface area contributed by atoms with E-state index in [4.69, 9.17) is 15.2 Å². The number of nitrogens with zero attached hydrogens (tertiary/aromatic N) is 1. The molecule has 0 amide bonds. The summed E-state index contributed by atoms with van der Waals surface area (Å²) in [5.74, 6) is 0.701. The van der Waals surface area contributed by atoms with Gasteiger partial charge in [-0.2, -0.15) is 0 Å². The molecule has 2 N–H and O–H groups in total. The lowest BCUT2D eigenvalue weighted by Crippen LogP contribution is -2.18. The second kappa shape index (κ2) is 4.79. The number of hydrogen-bond donors (Lipinski definition) is 1. The molecule has 1 aromatic heterocycles. The zero-order valence-electron chi connectivity index (χ0n) is 7.86. The van der Waals surface area contributed by atoms with Gasteiger partial charge in [0.05, 0.1) is 19.8 Å². The van der Waals surface area contributed by atoms with E-state index in [0.29, 0.717) is 12.4 Å². The SMILES string of the molecule is COCC(N)c1ncccc1OC. The highest BCUT2D eigenvalue weighted by Crippen LogP contribution is 2.20. The van der Waals surface area contributed by atoms with Gasteiger partial charge in [-0.1, -0.05) is 0 Å². The van der Waals surface area contributed by atoms with Gasteiger partial charge in [0.25, 0.3) is 0 Å². The molecule has 1 rings (SSSR count). The molecule has 1 heterocycles. The Hall–Kier alpha value is -1.13. The van der Waals surface area contributed by atoms with Crippen LogP contribution in [0.4, 0.5) is 0 Å². The van der Waals surface area contributed by atoms with Gasteiger partial charge < -0.3 is 15.2 Å². The van der Waals surface area contributed by atoms with Crippen LogP contribution in [0.15, 0.2) is 18.3 Å². The van der Waals surface area contributed by atoms with Crippen LogP contribution in [0, 0.1) is 0 Å². The summed E-state index contributed by atoms with van der Waals surface area (Å²) in [6, 6.07) is 3.40. The van der Waals surface area contributed by atoms with E-state index < -0.39 is 0 Å². The minimum absolute atomic E-state index is 0.235. The third-order valence-electron chi connectivity index (χ3n) is 1.72. The lowest BCUT2D eigenvalue weighted by molar-refractivity contribution is 0.178. The quantitative estimate of drug-likeness (QED) is 0.746. The molecule has 0 aromatic carbocycles. The van der Waals surface area contributed by atoms with Gasteiger partial charge in [0.2, 0.25) is 0 Å². The molecular formula is C9H14N2O2. The van der Waals surface area contributed by atoms with Gasteiger partial charge in [-0.15, -0.1) is 0 Å². The molecule has 1 atom stereocenters. The molecule has 0 spiro atoms. The third-order valence-corrected chi connectivity index (χ3v) is 1.72. The number of rotatable bonds is 4. The van der Waals surface area contributed by atoms with Crippen molar-refractivity contribution in [2.45, 2.75) is 6.04 Å². The minimum Gasteiger partial charge on any atom is -0.495 e. The molecule has 0 aliphatic rings. The zero-order valence-corrected chi connectivity index (χ0v) is 7.86. The maximum absolute atomic E-state index is 5.81. The maximum atomic E-state index is 5.81. The number of aromatic nitrogens is 1. The molecule has 4 nitrogen and oxygen atoms in total. The predicted octanol–water partition coefficient (Wildman–Crippen LogP) is 0.736. The first-order valence-corrected chi connectivity index (χ1v) is 4.03. The van der Waals surface area contributed by atoms with Crippen molar-refractivity contribution < 1.29 is 9.47 Å². The Morgan fingerprint density at radius 3 is 2.92 bits per heavy atom. The molecule has 0 radical (unpaired) electrons. The van der Waals surface area contributed by atoms with Gasteiger partial charge in [-0.3, -0.25) is 4.98 Å². The normalized spacial score (nSPS) is 12.5. The van der Waals surface area contributed by atoms with E-state index >= 15 is 0 Å². The molecule has 0 bridgehead atoms. The lowest BCUT2D eigenvalue weighted by Gasteiger charge is -2.12. The smallest absolute Gasteiger partial charge is 0.142 e. The molecule has 1 unspecified atom stereocenters. The van der Waals surface area contributed by atoms with E-state index in [0.717, 1.165) is 5.69 Å². The van der Waals surface area contributed by atoms with Crippen LogP contribution in [-0.2, 0) is 4.74 Å². The van der Waals surface area contributed by atoms with Crippen LogP contribution in [0.2, 0.25) is 0 Å². The Balaban J connectivity index is 2.85. The van der Waals surface area contributed by atoms with Gasteiger partial charge >= 0.3 is 0 Å². The summed E-state index contributed by atoms with van der Waals surface area (Å²) in [5, 5.41) is 0. The van der Waals surface area contributed by atoms with Crippen LogP contribution < -0.4 is 10.5 Å². The molecule has 13 heavy (non-hydrogen) atoms. The fraction of sp³-hybridized carbons (Fsp3) is 0.444. The van der Waals surface area contributed by atoms with E-state index in [-0.39, 0.29) is 6.04 Å². The van der Waals surface area contributed by atoms with E-state index in [1.54, 1.807) is 20.4 Å². The lowest BCUT2D eigenvalue weighted by atomic mass is 10.2. The number of pyridine rings is 1. The summed E-state index contributed by atoms with van der Waals surface area (Å²) in [6.07, 6.45) is 1.69. The van der Waals surface area contributed by atoms with E-state index in [9.17, 15) is 0 Å². The number of methoxy groups -OCH3 is 2. The van der Waals surface area contributed by atoms with E-state index in [1.807, 2.05) is 12.1 Å². The van der Waals surface area contributed by atoms with Gasteiger partial charge in [0.1, 0.15) is 11.4 Å². The van der Waals surface area contributed by atoms with E-state index in [1.165, 1.54) is 0 Å². The van der Waals surface area contributed by atoms with Crippen molar-refractivity contribution in [2.75, 3.05) is 20.8 Å². The summed E-state index contributed by atoms with van der Waals surface area (Å²) in [5.41, 5.74) is 6.54. The summed E-state index contributed by atoms with van der Waals surface area (Å²) < 4.78 is 10.1. The standard InChI is InChI=1S/C9H14N2O2/c1-12-6-7(10)9-8(13-2)4-3-5-11-9/h3-5,7H,6,10H2,1-2H3. The first kappa shape index (κ1) is 9.95. The molecule has 0 fully saturated rings. The molecule has 0 aliphatic heterocycles. The highest BCUT2D eigenvalue weighted by atomic mass is 16.5. The topological polar surface area (TPSA) is 57.4 Å². The van der Waals surface area contributed by atoms with Crippen molar-refractivity contribution in [3.8, 4) is 5.75 Å². The summed E-state index contributed by atoms with van der Waals surface area (Å²) >= 11 is 0. The van der Waals surface area contributed by atoms with Gasteiger partial charge in [-0.25, -0.2) is 0 Å². The van der Waals surface area contributed by atoms with Crippen molar-refractivity contribution >= 4 is 0 Å². The van der Waals surface area contributed by atoms with Crippen molar-refractivity contribution in [3.05, 3.63) is 24.0 Å². The molecule has 0 saturated carbocycles. The predicted molar refractivity (Wildman–Crippen MR) is 49.6 cm³/mol. The van der Waals surface area contributed by atoms with Crippen molar-refractivity contribution in [3.63, 3.8) is 0 Å². The Bertz CT molecular complexity index is 266. The van der Waals surface area contributed by atoms with Gasteiger partial charge in [0, 0.05) is 13.3 Å². The van der Waals surface area contributed by atoms with Crippen molar-refractivity contribution in [1.29, 1.82) is 0 Å². The maximum Gasteiger partial charge on any atom is 0.142 e. The fourth-order valence-electron chi connectivity index (χ4n) is 1.11. The largest absolute Gasteiger partial charge is 0.495 e. The first-order chi connectivity index (χ1) is 6.29. The number of nitrogens with two attached hydrogens (primary N) is 1. The summed E-state index contributed by atoms with van der Waals surface area (Å²) in [7, 11) is 3.20. The van der Waals surface area contributed by atoms with Crippen molar-refractivity contribution in [2.24, 2.45) is 5.73 Å². The third kappa shape index (κ3) is 2.40. The Kier molecular flexibility index (Phi) is 3.67. The monoisotopic (exact) mass is 182 g/mol. The molecule has 0 saturated heterocycles. The summed E-state index contributed by atoms with van der Waals surface area (Å²) in [6.45, 7) is 0.438. The summed E-state index contributed by atoms with van der Waals surface area (Å²) in [4.78, 5) is 4.14. The Morgan fingerprint density at radius 1 is 1.54 bits per heavy atom. The second-order valence-electron chi connectivity index (χ2n) is 2.65. The molecule has 72 valence electrons. The zero-order chi connectivity index (χ0) is 9.68. The number of hydrogen-bond acceptors (Lipinski definition) is 4. The van der Waals surface area contributed by atoms with Crippen LogP contribution >= 0.6 is 0 Å². The average molecular weight is 182 g/mol.